The number of allylic oxidation sites excluding steroid dienone is 2. The zero-order valence-corrected chi connectivity index (χ0v) is 10.3. The molecule has 0 N–H and O–H groups in total. The minimum Gasteiger partial charge on any atom is -0.258 e. The fourth-order valence-electron chi connectivity index (χ4n) is 2.22. The average molecular weight is 243 g/mol. The lowest BCUT2D eigenvalue weighted by Gasteiger charge is -2.02. The summed E-state index contributed by atoms with van der Waals surface area (Å²) in [4.78, 5) is 11.0. The van der Waals surface area contributed by atoms with Crippen molar-refractivity contribution >= 4 is 6.08 Å². The highest BCUT2D eigenvalue weighted by molar-refractivity contribution is 5.55. The third-order valence-corrected chi connectivity index (χ3v) is 3.17. The second-order valence-corrected chi connectivity index (χ2v) is 4.53. The first-order valence-electron chi connectivity index (χ1n) is 6.38. The molecule has 3 nitrogen and oxygen atoms in total. The van der Waals surface area contributed by atoms with Gasteiger partial charge in [0.2, 0.25) is 0 Å². The highest BCUT2D eigenvalue weighted by Gasteiger charge is 2.18. The summed E-state index contributed by atoms with van der Waals surface area (Å²) in [5.41, 5.74) is 2.03. The molecule has 0 saturated carbocycles. The lowest BCUT2D eigenvalue weighted by Crippen LogP contribution is -2.02. The Morgan fingerprint density at radius 2 is 1.94 bits per heavy atom. The quantitative estimate of drug-likeness (QED) is 0.590. The van der Waals surface area contributed by atoms with E-state index in [2.05, 4.69) is 0 Å². The molecule has 1 aliphatic rings. The Balaban J connectivity index is 2.31. The van der Waals surface area contributed by atoms with Gasteiger partial charge in [0.1, 0.15) is 0 Å². The van der Waals surface area contributed by atoms with Gasteiger partial charge in [-0.1, -0.05) is 42.8 Å². The molecule has 94 valence electrons. The lowest BCUT2D eigenvalue weighted by molar-refractivity contribution is -0.419. The Bertz CT molecular complexity index is 475. The van der Waals surface area contributed by atoms with Gasteiger partial charge in [-0.25, -0.2) is 0 Å². The maximum atomic E-state index is 11.2. The number of benzene rings is 1. The number of hydrogen-bond acceptors (Lipinski definition) is 2. The third-order valence-electron chi connectivity index (χ3n) is 3.17. The van der Waals surface area contributed by atoms with Gasteiger partial charge < -0.3 is 0 Å². The normalized spacial score (nSPS) is 16.9. The fraction of sp³-hybridized carbons (Fsp3) is 0.333. The van der Waals surface area contributed by atoms with E-state index < -0.39 is 0 Å². The molecule has 1 aromatic rings. The lowest BCUT2D eigenvalue weighted by atomic mass is 10.0. The maximum Gasteiger partial charge on any atom is 0.272 e. The van der Waals surface area contributed by atoms with E-state index in [1.54, 1.807) is 6.08 Å². The summed E-state index contributed by atoms with van der Waals surface area (Å²) in [6, 6.07) is 9.48. The van der Waals surface area contributed by atoms with E-state index in [1.807, 2.05) is 36.4 Å². The van der Waals surface area contributed by atoms with Crippen LogP contribution in [0.25, 0.3) is 6.08 Å². The Morgan fingerprint density at radius 3 is 2.67 bits per heavy atom. The van der Waals surface area contributed by atoms with Gasteiger partial charge in [0.05, 0.1) is 4.92 Å². The molecule has 0 aromatic heterocycles. The summed E-state index contributed by atoms with van der Waals surface area (Å²) < 4.78 is 0. The van der Waals surface area contributed by atoms with Crippen LogP contribution >= 0.6 is 0 Å². The van der Waals surface area contributed by atoms with Crippen LogP contribution in [0.3, 0.4) is 0 Å². The third kappa shape index (κ3) is 3.29. The van der Waals surface area contributed by atoms with Crippen molar-refractivity contribution in [3.8, 4) is 0 Å². The summed E-state index contributed by atoms with van der Waals surface area (Å²) in [6.07, 6.45) is 8.83. The molecule has 1 aliphatic carbocycles. The van der Waals surface area contributed by atoms with Gasteiger partial charge in [-0.05, 0) is 31.2 Å². The summed E-state index contributed by atoms with van der Waals surface area (Å²) in [7, 11) is 0. The van der Waals surface area contributed by atoms with Crippen LogP contribution in [0.5, 0.6) is 0 Å². The van der Waals surface area contributed by atoms with E-state index in [9.17, 15) is 10.1 Å². The fourth-order valence-corrected chi connectivity index (χ4v) is 2.22. The average Bonchev–Trinajstić information content (AvgIpc) is 2.65. The monoisotopic (exact) mass is 243 g/mol. The summed E-state index contributed by atoms with van der Waals surface area (Å²) in [5, 5.41) is 11.2. The number of hydrogen-bond donors (Lipinski definition) is 0. The van der Waals surface area contributed by atoms with Gasteiger partial charge in [0.25, 0.3) is 5.70 Å². The van der Waals surface area contributed by atoms with Crippen LogP contribution < -0.4 is 0 Å². The van der Waals surface area contributed by atoms with E-state index in [1.165, 1.54) is 0 Å². The predicted molar refractivity (Wildman–Crippen MR) is 72.6 cm³/mol. The minimum atomic E-state index is -0.260. The van der Waals surface area contributed by atoms with Gasteiger partial charge >= 0.3 is 0 Å². The van der Waals surface area contributed by atoms with Crippen molar-refractivity contribution in [1.82, 2.24) is 0 Å². The molecule has 0 aliphatic heterocycles. The number of nitro groups is 1. The minimum absolute atomic E-state index is 0.253. The van der Waals surface area contributed by atoms with Crippen molar-refractivity contribution in [3.63, 3.8) is 0 Å². The topological polar surface area (TPSA) is 43.1 Å². The van der Waals surface area contributed by atoms with E-state index in [4.69, 9.17) is 0 Å². The highest BCUT2D eigenvalue weighted by atomic mass is 16.6. The first kappa shape index (κ1) is 12.6. The number of nitrogens with zero attached hydrogens (tertiary/aromatic N) is 1. The summed E-state index contributed by atoms with van der Waals surface area (Å²) >= 11 is 0. The van der Waals surface area contributed by atoms with Crippen molar-refractivity contribution in [2.75, 3.05) is 0 Å². The zero-order chi connectivity index (χ0) is 12.8. The van der Waals surface area contributed by atoms with E-state index in [0.29, 0.717) is 0 Å². The first-order chi connectivity index (χ1) is 8.77. The molecule has 0 saturated heterocycles. The smallest absolute Gasteiger partial charge is 0.258 e. The maximum absolute atomic E-state index is 11.2. The molecular weight excluding hydrogens is 226 g/mol. The van der Waals surface area contributed by atoms with Gasteiger partial charge in [-0.2, -0.15) is 0 Å². The van der Waals surface area contributed by atoms with Gasteiger partial charge in [0.15, 0.2) is 0 Å². The van der Waals surface area contributed by atoms with Gasteiger partial charge in [-0.15, -0.1) is 0 Å². The van der Waals surface area contributed by atoms with Crippen LogP contribution in [-0.2, 0) is 0 Å². The zero-order valence-electron chi connectivity index (χ0n) is 10.3. The predicted octanol–water partition coefficient (Wildman–Crippen LogP) is 4.19. The molecule has 0 amide bonds. The molecule has 0 spiro atoms. The van der Waals surface area contributed by atoms with Crippen molar-refractivity contribution in [2.24, 2.45) is 0 Å². The molecule has 18 heavy (non-hydrogen) atoms. The largest absolute Gasteiger partial charge is 0.272 e. The summed E-state index contributed by atoms with van der Waals surface area (Å²) in [6.45, 7) is 0. The second-order valence-electron chi connectivity index (χ2n) is 4.53. The van der Waals surface area contributed by atoms with Crippen molar-refractivity contribution in [1.29, 1.82) is 0 Å². The number of rotatable bonds is 3. The van der Waals surface area contributed by atoms with Crippen molar-refractivity contribution < 1.29 is 4.92 Å². The Kier molecular flexibility index (Phi) is 4.29. The Hall–Kier alpha value is -1.90. The van der Waals surface area contributed by atoms with Gasteiger partial charge in [-0.3, -0.25) is 10.1 Å². The molecule has 0 atom stereocenters. The van der Waals surface area contributed by atoms with Crippen LogP contribution in [0.15, 0.2) is 47.7 Å². The van der Waals surface area contributed by atoms with Crippen LogP contribution in [0.4, 0.5) is 0 Å². The van der Waals surface area contributed by atoms with Crippen molar-refractivity contribution in [3.05, 3.63) is 63.4 Å². The second kappa shape index (κ2) is 6.15. The molecule has 0 bridgehead atoms. The van der Waals surface area contributed by atoms with E-state index >= 15 is 0 Å². The summed E-state index contributed by atoms with van der Waals surface area (Å²) in [5.74, 6) is 0. The molecule has 0 unspecified atom stereocenters. The highest BCUT2D eigenvalue weighted by Crippen LogP contribution is 2.25. The molecule has 0 radical (unpaired) electrons. The molecule has 3 heteroatoms. The van der Waals surface area contributed by atoms with Gasteiger partial charge in [0, 0.05) is 11.6 Å². The van der Waals surface area contributed by atoms with Crippen molar-refractivity contribution in [2.45, 2.75) is 32.1 Å². The van der Waals surface area contributed by atoms with E-state index in [0.717, 1.165) is 43.2 Å². The Morgan fingerprint density at radius 1 is 1.17 bits per heavy atom. The van der Waals surface area contributed by atoms with E-state index in [-0.39, 0.29) is 10.6 Å². The van der Waals surface area contributed by atoms with Crippen LogP contribution in [-0.4, -0.2) is 4.92 Å². The van der Waals surface area contributed by atoms with Crippen LogP contribution in [0.1, 0.15) is 37.7 Å². The molecule has 0 fully saturated rings. The standard InChI is InChI=1S/C15H17NO2/c17-16(18)15(12-13-8-4-3-5-9-13)14-10-6-1-2-7-11-14/h3-5,8-10,12H,1-2,6-7,11H2/b15-12+. The molecule has 0 heterocycles. The molecule has 2 rings (SSSR count). The first-order valence-corrected chi connectivity index (χ1v) is 6.38. The van der Waals surface area contributed by atoms with Crippen LogP contribution in [0, 0.1) is 10.1 Å². The SMILES string of the molecule is O=[N+]([O-])/C(=C/c1ccccc1)C1=CCCCCC1. The molecular formula is C15H17NO2. The molecule has 1 aromatic carbocycles. The van der Waals surface area contributed by atoms with Crippen LogP contribution in [0.2, 0.25) is 0 Å². The Labute approximate surface area is 107 Å².